The zero-order chi connectivity index (χ0) is 15.1. The number of fused-ring (bicyclic) bond motifs is 2. The molecule has 0 bridgehead atoms. The van der Waals surface area contributed by atoms with E-state index in [9.17, 15) is 0 Å². The molecule has 9 heteroatoms. The third kappa shape index (κ3) is 2.18. The van der Waals surface area contributed by atoms with E-state index in [-0.39, 0.29) is 0 Å². The zero-order valence-electron chi connectivity index (χ0n) is 12.5. The molecule has 1 aliphatic heterocycles. The van der Waals surface area contributed by atoms with Crippen molar-refractivity contribution >= 4 is 11.5 Å². The standard InChI is InChI=1S/C13H17N9/c1-8(2)13-17-15-11-5-3-9(7-21(11)13)14-10-4-6-12-16-19-20-22(12)18-10/h4,6,8-9H,3,5,7H2,1-2H3,(H,14,18)/t9-/m0/s1. The number of tetrazole rings is 1. The fourth-order valence-corrected chi connectivity index (χ4v) is 2.83. The molecule has 0 fully saturated rings. The normalized spacial score (nSPS) is 17.9. The molecule has 0 amide bonds. The minimum atomic E-state index is 0.294. The predicted molar refractivity (Wildman–Crippen MR) is 78.4 cm³/mol. The molecule has 1 atom stereocenters. The topological polar surface area (TPSA) is 98.7 Å². The number of hydrogen-bond donors (Lipinski definition) is 1. The highest BCUT2D eigenvalue weighted by Crippen LogP contribution is 2.21. The fraction of sp³-hybridized carbons (Fsp3) is 0.538. The highest BCUT2D eigenvalue weighted by Gasteiger charge is 2.24. The second-order valence-corrected chi connectivity index (χ2v) is 5.86. The molecule has 1 N–H and O–H groups in total. The summed E-state index contributed by atoms with van der Waals surface area (Å²) < 4.78 is 3.65. The van der Waals surface area contributed by atoms with Crippen LogP contribution in [0, 0.1) is 0 Å². The maximum Gasteiger partial charge on any atom is 0.200 e. The van der Waals surface area contributed by atoms with Gasteiger partial charge in [0.1, 0.15) is 17.5 Å². The van der Waals surface area contributed by atoms with Crippen LogP contribution in [0.25, 0.3) is 5.65 Å². The summed E-state index contributed by atoms with van der Waals surface area (Å²) in [4.78, 5) is 0. The van der Waals surface area contributed by atoms with Crippen LogP contribution in [0.1, 0.15) is 37.8 Å². The summed E-state index contributed by atoms with van der Waals surface area (Å²) in [5.41, 5.74) is 0.636. The monoisotopic (exact) mass is 299 g/mol. The first-order valence-corrected chi connectivity index (χ1v) is 7.44. The van der Waals surface area contributed by atoms with E-state index in [1.54, 1.807) is 0 Å². The van der Waals surface area contributed by atoms with Gasteiger partial charge in [-0.05, 0) is 29.0 Å². The quantitative estimate of drug-likeness (QED) is 0.758. The highest BCUT2D eigenvalue weighted by atomic mass is 15.6. The van der Waals surface area contributed by atoms with Crippen molar-refractivity contribution in [3.63, 3.8) is 0 Å². The van der Waals surface area contributed by atoms with Gasteiger partial charge in [-0.15, -0.1) is 25.0 Å². The van der Waals surface area contributed by atoms with Crippen LogP contribution < -0.4 is 5.32 Å². The SMILES string of the molecule is CC(C)c1nnc2n1C[C@@H](Nc1ccc3nnnn3n1)CC2. The summed E-state index contributed by atoms with van der Waals surface area (Å²) >= 11 is 0. The van der Waals surface area contributed by atoms with Crippen LogP contribution in [-0.2, 0) is 13.0 Å². The molecule has 3 aromatic rings. The molecule has 114 valence electrons. The van der Waals surface area contributed by atoms with Crippen molar-refractivity contribution in [2.24, 2.45) is 0 Å². The molecule has 0 saturated heterocycles. The van der Waals surface area contributed by atoms with Gasteiger partial charge in [0.25, 0.3) is 0 Å². The maximum atomic E-state index is 4.36. The van der Waals surface area contributed by atoms with Gasteiger partial charge in [-0.2, -0.15) is 0 Å². The number of rotatable bonds is 3. The number of nitrogens with one attached hydrogen (secondary N) is 1. The summed E-state index contributed by atoms with van der Waals surface area (Å²) in [7, 11) is 0. The molecule has 0 saturated carbocycles. The Balaban J connectivity index is 1.55. The average molecular weight is 299 g/mol. The van der Waals surface area contributed by atoms with Crippen LogP contribution in [-0.4, -0.2) is 46.1 Å². The fourth-order valence-electron chi connectivity index (χ4n) is 2.83. The van der Waals surface area contributed by atoms with Crippen molar-refractivity contribution in [1.29, 1.82) is 0 Å². The smallest absolute Gasteiger partial charge is 0.200 e. The van der Waals surface area contributed by atoms with Crippen LogP contribution in [0.5, 0.6) is 0 Å². The highest BCUT2D eigenvalue weighted by molar-refractivity contribution is 5.42. The van der Waals surface area contributed by atoms with Crippen molar-refractivity contribution < 1.29 is 0 Å². The van der Waals surface area contributed by atoms with E-state index in [0.29, 0.717) is 17.6 Å². The van der Waals surface area contributed by atoms with Gasteiger partial charge < -0.3 is 9.88 Å². The van der Waals surface area contributed by atoms with E-state index < -0.39 is 0 Å². The molecule has 9 nitrogen and oxygen atoms in total. The Bertz CT molecular complexity index is 803. The minimum absolute atomic E-state index is 0.294. The molecular weight excluding hydrogens is 282 g/mol. The van der Waals surface area contributed by atoms with E-state index in [1.807, 2.05) is 12.1 Å². The third-order valence-corrected chi connectivity index (χ3v) is 3.91. The van der Waals surface area contributed by atoms with E-state index in [0.717, 1.165) is 36.9 Å². The Morgan fingerprint density at radius 2 is 2.14 bits per heavy atom. The minimum Gasteiger partial charge on any atom is -0.364 e. The molecule has 4 rings (SSSR count). The van der Waals surface area contributed by atoms with Crippen molar-refractivity contribution in [1.82, 2.24) is 40.0 Å². The maximum absolute atomic E-state index is 4.36. The van der Waals surface area contributed by atoms with Gasteiger partial charge in [0.05, 0.1) is 0 Å². The van der Waals surface area contributed by atoms with Crippen molar-refractivity contribution in [2.45, 2.75) is 45.2 Å². The lowest BCUT2D eigenvalue weighted by Crippen LogP contribution is -2.32. The Kier molecular flexibility index (Phi) is 2.98. The Labute approximate surface area is 126 Å². The van der Waals surface area contributed by atoms with Gasteiger partial charge in [-0.25, -0.2) is 0 Å². The number of aryl methyl sites for hydroxylation is 1. The van der Waals surface area contributed by atoms with Gasteiger partial charge in [-0.3, -0.25) is 0 Å². The summed E-state index contributed by atoms with van der Waals surface area (Å²) in [6, 6.07) is 4.04. The average Bonchev–Trinajstić information content (AvgIpc) is 3.12. The molecule has 3 aromatic heterocycles. The van der Waals surface area contributed by atoms with Gasteiger partial charge in [-0.1, -0.05) is 13.8 Å². The van der Waals surface area contributed by atoms with Crippen molar-refractivity contribution in [2.75, 3.05) is 5.32 Å². The van der Waals surface area contributed by atoms with Gasteiger partial charge in [0.2, 0.25) is 0 Å². The third-order valence-electron chi connectivity index (χ3n) is 3.91. The second-order valence-electron chi connectivity index (χ2n) is 5.86. The first-order valence-electron chi connectivity index (χ1n) is 7.44. The summed E-state index contributed by atoms with van der Waals surface area (Å²) in [5.74, 6) is 3.26. The predicted octanol–water partition coefficient (Wildman–Crippen LogP) is 0.661. The molecule has 0 spiro atoms. The van der Waals surface area contributed by atoms with Gasteiger partial charge in [0.15, 0.2) is 5.65 Å². The summed E-state index contributed by atoms with van der Waals surface area (Å²) in [5, 5.41) is 27.7. The lowest BCUT2D eigenvalue weighted by molar-refractivity contribution is 0.458. The van der Waals surface area contributed by atoms with Gasteiger partial charge in [0, 0.05) is 24.9 Å². The Morgan fingerprint density at radius 3 is 3.00 bits per heavy atom. The lowest BCUT2D eigenvalue weighted by atomic mass is 10.1. The Morgan fingerprint density at radius 1 is 1.23 bits per heavy atom. The number of aromatic nitrogens is 8. The number of hydrogen-bond acceptors (Lipinski definition) is 7. The Hall–Kier alpha value is -2.58. The van der Waals surface area contributed by atoms with E-state index in [1.165, 1.54) is 4.63 Å². The molecule has 0 aromatic carbocycles. The lowest BCUT2D eigenvalue weighted by Gasteiger charge is -2.26. The van der Waals surface area contributed by atoms with Crippen LogP contribution in [0.4, 0.5) is 5.82 Å². The van der Waals surface area contributed by atoms with E-state index in [4.69, 9.17) is 0 Å². The van der Waals surface area contributed by atoms with E-state index >= 15 is 0 Å². The summed E-state index contributed by atoms with van der Waals surface area (Å²) in [6.45, 7) is 5.13. The molecule has 0 radical (unpaired) electrons. The molecule has 0 aliphatic carbocycles. The molecule has 4 heterocycles. The molecular formula is C13H17N9. The number of anilines is 1. The zero-order valence-corrected chi connectivity index (χ0v) is 12.5. The van der Waals surface area contributed by atoms with Crippen molar-refractivity contribution in [3.8, 4) is 0 Å². The van der Waals surface area contributed by atoms with Crippen LogP contribution in [0.3, 0.4) is 0 Å². The molecule has 22 heavy (non-hydrogen) atoms. The van der Waals surface area contributed by atoms with Crippen LogP contribution >= 0.6 is 0 Å². The molecule has 0 unspecified atom stereocenters. The second kappa shape index (κ2) is 5.00. The van der Waals surface area contributed by atoms with Gasteiger partial charge >= 0.3 is 0 Å². The number of nitrogens with zero attached hydrogens (tertiary/aromatic N) is 8. The first kappa shape index (κ1) is 13.1. The molecule has 1 aliphatic rings. The largest absolute Gasteiger partial charge is 0.364 e. The van der Waals surface area contributed by atoms with E-state index in [2.05, 4.69) is 54.6 Å². The van der Waals surface area contributed by atoms with Crippen LogP contribution in [0.15, 0.2) is 12.1 Å². The summed E-state index contributed by atoms with van der Waals surface area (Å²) in [6.07, 6.45) is 1.93. The first-order chi connectivity index (χ1) is 10.7. The van der Waals surface area contributed by atoms with Crippen LogP contribution in [0.2, 0.25) is 0 Å². The van der Waals surface area contributed by atoms with Crippen molar-refractivity contribution in [3.05, 3.63) is 23.8 Å².